The zero-order valence-electron chi connectivity index (χ0n) is 15.4. The number of aliphatic carboxylic acids is 1. The van der Waals surface area contributed by atoms with Crippen molar-refractivity contribution in [2.45, 2.75) is 24.0 Å². The zero-order chi connectivity index (χ0) is 20.4. The van der Waals surface area contributed by atoms with E-state index in [4.69, 9.17) is 4.74 Å². The molecule has 6 nitrogen and oxygen atoms in total. The van der Waals surface area contributed by atoms with E-state index in [1.165, 1.54) is 12.1 Å². The number of anilines is 1. The molecule has 3 aromatic carbocycles. The van der Waals surface area contributed by atoms with Crippen molar-refractivity contribution in [1.82, 2.24) is 0 Å². The number of carbonyl (C=O) groups is 1. The first kappa shape index (κ1) is 19.0. The Balaban J connectivity index is 1.59. The fourth-order valence-corrected chi connectivity index (χ4v) is 5.05. The molecule has 1 atom stereocenters. The minimum absolute atomic E-state index is 0.0208. The highest BCUT2D eigenvalue weighted by Gasteiger charge is 2.42. The van der Waals surface area contributed by atoms with E-state index in [0.717, 1.165) is 9.87 Å². The lowest BCUT2D eigenvalue weighted by molar-refractivity contribution is -0.138. The lowest BCUT2D eigenvalue weighted by Gasteiger charge is -2.24. The second-order valence-corrected chi connectivity index (χ2v) is 8.55. The number of ether oxygens (including phenoxy) is 1. The van der Waals surface area contributed by atoms with Crippen molar-refractivity contribution in [1.29, 1.82) is 0 Å². The van der Waals surface area contributed by atoms with E-state index >= 15 is 0 Å². The van der Waals surface area contributed by atoms with E-state index in [1.54, 1.807) is 36.4 Å². The minimum atomic E-state index is -4.03. The van der Waals surface area contributed by atoms with Crippen LogP contribution in [0, 0.1) is 0 Å². The number of hydrogen-bond donors (Lipinski definition) is 1. The predicted molar refractivity (Wildman–Crippen MR) is 108 cm³/mol. The van der Waals surface area contributed by atoms with E-state index in [9.17, 15) is 18.3 Å². The number of carboxylic acids is 1. The van der Waals surface area contributed by atoms with Crippen LogP contribution in [-0.4, -0.2) is 25.5 Å². The highest BCUT2D eigenvalue weighted by Crippen LogP contribution is 2.37. The van der Waals surface area contributed by atoms with Gasteiger partial charge in [0.05, 0.1) is 10.6 Å². The van der Waals surface area contributed by atoms with Crippen LogP contribution in [0.3, 0.4) is 0 Å². The van der Waals surface area contributed by atoms with Crippen molar-refractivity contribution >= 4 is 21.7 Å². The van der Waals surface area contributed by atoms with Gasteiger partial charge in [0.2, 0.25) is 0 Å². The Bertz CT molecular complexity index is 1130. The summed E-state index contributed by atoms with van der Waals surface area (Å²) in [5, 5.41) is 9.56. The summed E-state index contributed by atoms with van der Waals surface area (Å²) in [5.41, 5.74) is 2.11. The number of para-hydroxylation sites is 1. The van der Waals surface area contributed by atoms with E-state index in [1.807, 2.05) is 30.3 Å². The number of rotatable bonds is 6. The quantitative estimate of drug-likeness (QED) is 0.674. The van der Waals surface area contributed by atoms with Crippen molar-refractivity contribution in [2.75, 3.05) is 4.31 Å². The molecule has 0 radical (unpaired) electrons. The second kappa shape index (κ2) is 7.60. The first-order chi connectivity index (χ1) is 14.0. The van der Waals surface area contributed by atoms with Crippen molar-refractivity contribution in [3.8, 4) is 5.75 Å². The standard InChI is InChI=1S/C22H19NO5S/c24-22(25)21-14-17-8-4-5-9-20(17)23(21)29(26,27)19-12-10-18(11-13-19)28-15-16-6-2-1-3-7-16/h1-13,21H,14-15H2,(H,24,25)/t21-/m1/s1. The van der Waals surface area contributed by atoms with Crippen LogP contribution in [0.15, 0.2) is 83.8 Å². The maximum absolute atomic E-state index is 13.2. The minimum Gasteiger partial charge on any atom is -0.489 e. The van der Waals surface area contributed by atoms with Crippen LogP contribution in [0.25, 0.3) is 0 Å². The number of benzene rings is 3. The maximum Gasteiger partial charge on any atom is 0.327 e. The lowest BCUT2D eigenvalue weighted by atomic mass is 10.1. The zero-order valence-corrected chi connectivity index (χ0v) is 16.2. The summed E-state index contributed by atoms with van der Waals surface area (Å²) < 4.78 is 33.2. The smallest absolute Gasteiger partial charge is 0.327 e. The Kier molecular flexibility index (Phi) is 4.98. The van der Waals surface area contributed by atoms with E-state index in [-0.39, 0.29) is 11.3 Å². The van der Waals surface area contributed by atoms with Gasteiger partial charge in [0.25, 0.3) is 10.0 Å². The molecule has 29 heavy (non-hydrogen) atoms. The maximum atomic E-state index is 13.2. The monoisotopic (exact) mass is 409 g/mol. The van der Waals surface area contributed by atoms with Gasteiger partial charge >= 0.3 is 5.97 Å². The molecule has 0 fully saturated rings. The van der Waals surface area contributed by atoms with Gasteiger partial charge in [0, 0.05) is 6.42 Å². The summed E-state index contributed by atoms with van der Waals surface area (Å²) in [6, 6.07) is 21.4. The van der Waals surface area contributed by atoms with Crippen LogP contribution < -0.4 is 9.04 Å². The molecule has 0 unspecified atom stereocenters. The molecule has 1 heterocycles. The molecule has 0 bridgehead atoms. The molecule has 1 N–H and O–H groups in total. The third-order valence-corrected chi connectivity index (χ3v) is 6.68. The molecule has 7 heteroatoms. The van der Waals surface area contributed by atoms with Crippen LogP contribution in [0.4, 0.5) is 5.69 Å². The molecule has 0 aromatic heterocycles. The van der Waals surface area contributed by atoms with E-state index in [2.05, 4.69) is 0 Å². The van der Waals surface area contributed by atoms with Crippen LogP contribution in [0.2, 0.25) is 0 Å². The normalized spacial score (nSPS) is 15.7. The van der Waals surface area contributed by atoms with Crippen LogP contribution >= 0.6 is 0 Å². The molecule has 0 spiro atoms. The van der Waals surface area contributed by atoms with Gasteiger partial charge < -0.3 is 9.84 Å². The van der Waals surface area contributed by atoms with Crippen LogP contribution in [0.5, 0.6) is 5.75 Å². The Morgan fingerprint density at radius 2 is 1.62 bits per heavy atom. The second-order valence-electron chi connectivity index (χ2n) is 6.73. The average Bonchev–Trinajstić information content (AvgIpc) is 3.14. The van der Waals surface area contributed by atoms with E-state index in [0.29, 0.717) is 23.6 Å². The summed E-state index contributed by atoms with van der Waals surface area (Å²) in [6.45, 7) is 0.369. The van der Waals surface area contributed by atoms with Gasteiger partial charge in [-0.15, -0.1) is 0 Å². The molecule has 0 aliphatic carbocycles. The van der Waals surface area contributed by atoms with Crippen molar-refractivity contribution < 1.29 is 23.1 Å². The topological polar surface area (TPSA) is 83.9 Å². The van der Waals surface area contributed by atoms with E-state index < -0.39 is 22.0 Å². The van der Waals surface area contributed by atoms with Gasteiger partial charge in [-0.25, -0.2) is 13.2 Å². The molecule has 0 amide bonds. The van der Waals surface area contributed by atoms with Gasteiger partial charge in [0.15, 0.2) is 0 Å². The average molecular weight is 409 g/mol. The Labute approximate surface area is 169 Å². The lowest BCUT2D eigenvalue weighted by Crippen LogP contribution is -2.42. The Morgan fingerprint density at radius 1 is 0.966 bits per heavy atom. The molecule has 1 aliphatic rings. The highest BCUT2D eigenvalue weighted by molar-refractivity contribution is 7.93. The molecule has 1 aliphatic heterocycles. The fourth-order valence-electron chi connectivity index (χ4n) is 3.40. The molecule has 0 saturated carbocycles. The SMILES string of the molecule is O=C(O)[C@H]1Cc2ccccc2N1S(=O)(=O)c1ccc(OCc2ccccc2)cc1. The molecule has 4 rings (SSSR count). The summed E-state index contributed by atoms with van der Waals surface area (Å²) in [7, 11) is -4.03. The number of sulfonamides is 1. The van der Waals surface area contributed by atoms with Crippen LogP contribution in [-0.2, 0) is 27.8 Å². The first-order valence-corrected chi connectivity index (χ1v) is 10.5. The molecular weight excluding hydrogens is 390 g/mol. The van der Waals surface area contributed by atoms with Crippen LogP contribution in [0.1, 0.15) is 11.1 Å². The van der Waals surface area contributed by atoms with Gasteiger partial charge in [-0.2, -0.15) is 0 Å². The number of hydrogen-bond acceptors (Lipinski definition) is 4. The molecule has 0 saturated heterocycles. The highest BCUT2D eigenvalue weighted by atomic mass is 32.2. The molecular formula is C22H19NO5S. The third kappa shape index (κ3) is 3.69. The summed E-state index contributed by atoms with van der Waals surface area (Å²) in [5.74, 6) is -0.642. The number of fused-ring (bicyclic) bond motifs is 1. The molecule has 3 aromatic rings. The first-order valence-electron chi connectivity index (χ1n) is 9.09. The summed E-state index contributed by atoms with van der Waals surface area (Å²) >= 11 is 0. The van der Waals surface area contributed by atoms with Gasteiger partial charge in [-0.3, -0.25) is 4.31 Å². The van der Waals surface area contributed by atoms with Crippen molar-refractivity contribution in [3.05, 3.63) is 90.0 Å². The fraction of sp³-hybridized carbons (Fsp3) is 0.136. The van der Waals surface area contributed by atoms with Crippen molar-refractivity contribution in [3.63, 3.8) is 0 Å². The summed E-state index contributed by atoms with van der Waals surface area (Å²) in [4.78, 5) is 11.7. The Hall–Kier alpha value is -3.32. The Morgan fingerprint density at radius 3 is 2.31 bits per heavy atom. The number of carboxylic acid groups (broad SMARTS) is 1. The largest absolute Gasteiger partial charge is 0.489 e. The van der Waals surface area contributed by atoms with Gasteiger partial charge in [-0.1, -0.05) is 48.5 Å². The summed E-state index contributed by atoms with van der Waals surface area (Å²) in [6.07, 6.45) is 0.142. The predicted octanol–water partition coefficient (Wildman–Crippen LogP) is 3.47. The van der Waals surface area contributed by atoms with Gasteiger partial charge in [-0.05, 0) is 41.5 Å². The van der Waals surface area contributed by atoms with Crippen molar-refractivity contribution in [2.24, 2.45) is 0 Å². The third-order valence-electron chi connectivity index (χ3n) is 4.84. The number of nitrogens with zero attached hydrogens (tertiary/aromatic N) is 1. The van der Waals surface area contributed by atoms with Gasteiger partial charge in [0.1, 0.15) is 18.4 Å². The molecule has 148 valence electrons.